The van der Waals surface area contributed by atoms with Crippen LogP contribution >= 0.6 is 0 Å². The zero-order chi connectivity index (χ0) is 25.3. The average Bonchev–Trinajstić information content (AvgIpc) is 3.13. The molecule has 1 fully saturated rings. The minimum Gasteiger partial charge on any atom is -0.507 e. The van der Waals surface area contributed by atoms with Gasteiger partial charge >= 0.3 is 6.18 Å². The Kier molecular flexibility index (Phi) is 6.26. The van der Waals surface area contributed by atoms with Crippen molar-refractivity contribution >= 4 is 23.1 Å². The van der Waals surface area contributed by atoms with E-state index in [4.69, 9.17) is 9.47 Å². The van der Waals surface area contributed by atoms with Crippen molar-refractivity contribution in [1.82, 2.24) is 0 Å². The quantitative estimate of drug-likeness (QED) is 0.301. The monoisotopic (exact) mass is 483 g/mol. The smallest absolute Gasteiger partial charge is 0.416 e. The molecule has 3 aromatic carbocycles. The molecule has 0 spiro atoms. The second-order valence-electron chi connectivity index (χ2n) is 7.70. The number of benzene rings is 3. The topological polar surface area (TPSA) is 76.1 Å². The molecule has 1 heterocycles. The maximum absolute atomic E-state index is 13.4. The second kappa shape index (κ2) is 9.17. The third-order valence-electron chi connectivity index (χ3n) is 5.67. The van der Waals surface area contributed by atoms with Gasteiger partial charge in [-0.25, -0.2) is 0 Å². The number of ketones is 1. The van der Waals surface area contributed by atoms with E-state index in [1.54, 1.807) is 42.5 Å². The lowest BCUT2D eigenvalue weighted by Crippen LogP contribution is -2.29. The van der Waals surface area contributed by atoms with Gasteiger partial charge < -0.3 is 14.6 Å². The Morgan fingerprint density at radius 2 is 1.57 bits per heavy atom. The van der Waals surface area contributed by atoms with E-state index >= 15 is 0 Å². The average molecular weight is 483 g/mol. The number of methoxy groups -OCH3 is 2. The summed E-state index contributed by atoms with van der Waals surface area (Å²) in [5.74, 6) is -1.89. The summed E-state index contributed by atoms with van der Waals surface area (Å²) in [6.45, 7) is 0. The molecule has 1 aliphatic rings. The van der Waals surface area contributed by atoms with Gasteiger partial charge in [0.2, 0.25) is 0 Å². The van der Waals surface area contributed by atoms with Gasteiger partial charge in [-0.3, -0.25) is 14.5 Å². The second-order valence-corrected chi connectivity index (χ2v) is 7.70. The number of carbonyl (C=O) groups is 2. The maximum Gasteiger partial charge on any atom is 0.416 e. The number of hydrogen-bond donors (Lipinski definition) is 1. The zero-order valence-electron chi connectivity index (χ0n) is 18.7. The van der Waals surface area contributed by atoms with E-state index in [-0.39, 0.29) is 22.6 Å². The van der Waals surface area contributed by atoms with Gasteiger partial charge in [0.1, 0.15) is 5.76 Å². The molecular weight excluding hydrogens is 463 g/mol. The number of aliphatic hydroxyl groups excluding tert-OH is 1. The standard InChI is InChI=1S/C26H20F3NO5/c1-34-19-12-11-16(13-20(19)35-2)22-21(23(31)15-7-4-3-5-8-15)24(32)25(33)30(22)18-10-6-9-17(14-18)26(27,28)29/h3-14,22,31H,1-2H3/b23-21-. The molecule has 0 bridgehead atoms. The molecule has 180 valence electrons. The molecule has 35 heavy (non-hydrogen) atoms. The van der Waals surface area contributed by atoms with E-state index in [2.05, 4.69) is 0 Å². The summed E-state index contributed by atoms with van der Waals surface area (Å²) in [6.07, 6.45) is -4.66. The molecule has 0 aliphatic carbocycles. The summed E-state index contributed by atoms with van der Waals surface area (Å²) in [7, 11) is 2.83. The van der Waals surface area contributed by atoms with E-state index in [1.165, 1.54) is 26.4 Å². The van der Waals surface area contributed by atoms with Crippen molar-refractivity contribution < 1.29 is 37.3 Å². The fourth-order valence-electron chi connectivity index (χ4n) is 4.02. The summed E-state index contributed by atoms with van der Waals surface area (Å²) in [4.78, 5) is 27.3. The third-order valence-corrected chi connectivity index (χ3v) is 5.67. The van der Waals surface area contributed by atoms with E-state index in [9.17, 15) is 27.9 Å². The Morgan fingerprint density at radius 1 is 0.886 bits per heavy atom. The van der Waals surface area contributed by atoms with Crippen molar-refractivity contribution in [3.05, 3.63) is 95.1 Å². The number of carbonyl (C=O) groups excluding carboxylic acids is 2. The summed E-state index contributed by atoms with van der Waals surface area (Å²) in [6, 6.07) is 15.6. The van der Waals surface area contributed by atoms with Crippen LogP contribution in [0.4, 0.5) is 18.9 Å². The molecule has 1 atom stereocenters. The highest BCUT2D eigenvalue weighted by Crippen LogP contribution is 2.45. The molecule has 1 aliphatic heterocycles. The molecule has 6 nitrogen and oxygen atoms in total. The lowest BCUT2D eigenvalue weighted by Gasteiger charge is -2.26. The van der Waals surface area contributed by atoms with Gasteiger partial charge in [-0.1, -0.05) is 42.5 Å². The predicted molar refractivity (Wildman–Crippen MR) is 122 cm³/mol. The van der Waals surface area contributed by atoms with Crippen molar-refractivity contribution in [3.63, 3.8) is 0 Å². The van der Waals surface area contributed by atoms with Crippen LogP contribution in [-0.4, -0.2) is 31.0 Å². The number of halogens is 3. The number of Topliss-reactive ketones (excluding diaryl/α,β-unsaturated/α-hetero) is 1. The van der Waals surface area contributed by atoms with Gasteiger partial charge in [-0.15, -0.1) is 0 Å². The van der Waals surface area contributed by atoms with Crippen LogP contribution in [0.3, 0.4) is 0 Å². The number of anilines is 1. The van der Waals surface area contributed by atoms with Crippen molar-refractivity contribution in [3.8, 4) is 11.5 Å². The van der Waals surface area contributed by atoms with Crippen LogP contribution in [0.15, 0.2) is 78.4 Å². The number of nitrogens with zero attached hydrogens (tertiary/aromatic N) is 1. The molecule has 3 aromatic rings. The molecule has 1 unspecified atom stereocenters. The normalized spacial score (nSPS) is 17.5. The first-order valence-corrected chi connectivity index (χ1v) is 10.4. The highest BCUT2D eigenvalue weighted by atomic mass is 19.4. The minimum absolute atomic E-state index is 0.145. The van der Waals surface area contributed by atoms with Crippen molar-refractivity contribution in [2.75, 3.05) is 19.1 Å². The SMILES string of the molecule is COc1ccc(C2/C(=C(/O)c3ccccc3)C(=O)C(=O)N2c2cccc(C(F)(F)F)c2)cc1OC. The van der Waals surface area contributed by atoms with Gasteiger partial charge in [0, 0.05) is 11.3 Å². The molecule has 0 saturated carbocycles. The van der Waals surface area contributed by atoms with Crippen LogP contribution in [0.1, 0.15) is 22.7 Å². The predicted octanol–water partition coefficient (Wildman–Crippen LogP) is 5.35. The number of rotatable bonds is 5. The van der Waals surface area contributed by atoms with Gasteiger partial charge in [0.15, 0.2) is 11.5 Å². The van der Waals surface area contributed by atoms with Crippen molar-refractivity contribution in [1.29, 1.82) is 0 Å². The van der Waals surface area contributed by atoms with E-state index in [0.29, 0.717) is 11.3 Å². The van der Waals surface area contributed by atoms with Gasteiger partial charge in [-0.05, 0) is 35.9 Å². The summed E-state index contributed by atoms with van der Waals surface area (Å²) in [5.41, 5.74) is -0.776. The number of aliphatic hydroxyl groups is 1. The number of alkyl halides is 3. The zero-order valence-corrected chi connectivity index (χ0v) is 18.7. The maximum atomic E-state index is 13.4. The first-order valence-electron chi connectivity index (χ1n) is 10.4. The van der Waals surface area contributed by atoms with Crippen molar-refractivity contribution in [2.24, 2.45) is 0 Å². The van der Waals surface area contributed by atoms with Crippen LogP contribution in [0, 0.1) is 0 Å². The van der Waals surface area contributed by atoms with Crippen LogP contribution in [0.5, 0.6) is 11.5 Å². The fourth-order valence-corrected chi connectivity index (χ4v) is 4.02. The first-order chi connectivity index (χ1) is 16.7. The minimum atomic E-state index is -4.66. The van der Waals surface area contributed by atoms with Gasteiger partial charge in [0.05, 0.1) is 31.4 Å². The molecule has 0 aromatic heterocycles. The van der Waals surface area contributed by atoms with Crippen LogP contribution in [0.2, 0.25) is 0 Å². The molecule has 1 amide bonds. The van der Waals surface area contributed by atoms with Crippen LogP contribution in [-0.2, 0) is 15.8 Å². The Morgan fingerprint density at radius 3 is 2.20 bits per heavy atom. The number of hydrogen-bond acceptors (Lipinski definition) is 5. The molecule has 1 N–H and O–H groups in total. The Bertz CT molecular complexity index is 1320. The van der Waals surface area contributed by atoms with Crippen LogP contribution < -0.4 is 14.4 Å². The largest absolute Gasteiger partial charge is 0.507 e. The summed E-state index contributed by atoms with van der Waals surface area (Å²) < 4.78 is 50.8. The Hall–Kier alpha value is -4.27. The highest BCUT2D eigenvalue weighted by Gasteiger charge is 2.47. The molecule has 1 saturated heterocycles. The Balaban J connectivity index is 1.97. The van der Waals surface area contributed by atoms with Crippen LogP contribution in [0.25, 0.3) is 5.76 Å². The highest BCUT2D eigenvalue weighted by molar-refractivity contribution is 6.51. The number of ether oxygens (including phenoxy) is 2. The van der Waals surface area contributed by atoms with E-state index in [0.717, 1.165) is 23.1 Å². The third kappa shape index (κ3) is 4.32. The molecule has 0 radical (unpaired) electrons. The molecular formula is C26H20F3NO5. The lowest BCUT2D eigenvalue weighted by molar-refractivity contribution is -0.137. The van der Waals surface area contributed by atoms with Gasteiger partial charge in [-0.2, -0.15) is 13.2 Å². The van der Waals surface area contributed by atoms with E-state index < -0.39 is 35.2 Å². The molecule has 9 heteroatoms. The molecule has 4 rings (SSSR count). The number of amides is 1. The lowest BCUT2D eigenvalue weighted by atomic mass is 9.94. The summed E-state index contributed by atoms with van der Waals surface area (Å²) >= 11 is 0. The van der Waals surface area contributed by atoms with E-state index in [1.807, 2.05) is 0 Å². The Labute approximate surface area is 198 Å². The fraction of sp³-hybridized carbons (Fsp3) is 0.154. The summed E-state index contributed by atoms with van der Waals surface area (Å²) in [5, 5.41) is 11.1. The van der Waals surface area contributed by atoms with Gasteiger partial charge in [0.25, 0.3) is 11.7 Å². The van der Waals surface area contributed by atoms with Crippen molar-refractivity contribution in [2.45, 2.75) is 12.2 Å². The first kappa shape index (κ1) is 23.9.